The van der Waals surface area contributed by atoms with Crippen LogP contribution in [-0.2, 0) is 17.6 Å². The second-order valence-corrected chi connectivity index (χ2v) is 14.3. The first-order valence-corrected chi connectivity index (χ1v) is 18.6. The Labute approximate surface area is 318 Å². The maximum absolute atomic E-state index is 12.5. The third-order valence-corrected chi connectivity index (χ3v) is 10.3. The molecule has 0 fully saturated rings. The predicted molar refractivity (Wildman–Crippen MR) is 214 cm³/mol. The second kappa shape index (κ2) is 16.3. The minimum absolute atomic E-state index is 0.0116. The van der Waals surface area contributed by atoms with Gasteiger partial charge in [0.2, 0.25) is 0 Å². The lowest BCUT2D eigenvalue weighted by Gasteiger charge is -2.21. The molecule has 0 radical (unpaired) electrons. The van der Waals surface area contributed by atoms with Crippen LogP contribution in [0.15, 0.2) is 113 Å². The van der Waals surface area contributed by atoms with E-state index in [0.717, 1.165) is 81.0 Å². The Kier molecular flexibility index (Phi) is 11.0. The average molecular weight is 740 g/mol. The highest BCUT2D eigenvalue weighted by molar-refractivity contribution is 7.99. The molecule has 7 rings (SSSR count). The van der Waals surface area contributed by atoms with Gasteiger partial charge in [0.05, 0.1) is 23.9 Å². The zero-order valence-corrected chi connectivity index (χ0v) is 30.9. The Balaban J connectivity index is 0.983. The Morgan fingerprint density at radius 3 is 2.61 bits per heavy atom. The summed E-state index contributed by atoms with van der Waals surface area (Å²) in [6.07, 6.45) is 4.20. The normalized spacial score (nSPS) is 12.1. The summed E-state index contributed by atoms with van der Waals surface area (Å²) in [6, 6.07) is 32.4. The van der Waals surface area contributed by atoms with Gasteiger partial charge in [0.15, 0.2) is 12.4 Å². The van der Waals surface area contributed by atoms with Crippen molar-refractivity contribution in [3.8, 4) is 28.4 Å². The van der Waals surface area contributed by atoms with Gasteiger partial charge in [-0.3, -0.25) is 14.6 Å². The van der Waals surface area contributed by atoms with Crippen molar-refractivity contribution in [3.63, 3.8) is 0 Å². The lowest BCUT2D eigenvalue weighted by atomic mass is 10.0. The average Bonchev–Trinajstić information content (AvgIpc) is 3.17. The van der Waals surface area contributed by atoms with Gasteiger partial charge in [0.1, 0.15) is 17.2 Å². The topological polar surface area (TPSA) is 148 Å². The van der Waals surface area contributed by atoms with Gasteiger partial charge >= 0.3 is 0 Å². The Morgan fingerprint density at radius 1 is 0.963 bits per heavy atom. The number of nitrogens with zero attached hydrogens (tertiary/aromatic N) is 1. The fourth-order valence-electron chi connectivity index (χ4n) is 6.59. The van der Waals surface area contributed by atoms with Crippen LogP contribution in [0.5, 0.6) is 17.2 Å². The summed E-state index contributed by atoms with van der Waals surface area (Å²) in [5, 5.41) is 20.5. The first kappa shape index (κ1) is 36.3. The molecule has 0 saturated heterocycles. The van der Waals surface area contributed by atoms with Crippen LogP contribution >= 0.6 is 11.8 Å². The molecule has 0 unspecified atom stereocenters. The van der Waals surface area contributed by atoms with Gasteiger partial charge < -0.3 is 36.3 Å². The number of nitrogens with two attached hydrogens (primary N) is 1. The lowest BCUT2D eigenvalue weighted by Crippen LogP contribution is -2.26. The lowest BCUT2D eigenvalue weighted by molar-refractivity contribution is -0.118. The first-order valence-electron chi connectivity index (χ1n) is 17.8. The molecular formula is C43H41N5O5S. The highest BCUT2D eigenvalue weighted by atomic mass is 32.2. The first-order chi connectivity index (χ1) is 26.2. The van der Waals surface area contributed by atoms with Crippen molar-refractivity contribution in [2.75, 3.05) is 37.4 Å². The zero-order chi connectivity index (χ0) is 37.6. The van der Waals surface area contributed by atoms with E-state index in [9.17, 15) is 14.7 Å². The minimum atomic E-state index is -0.559. The molecule has 0 bridgehead atoms. The number of methoxy groups -OCH3 is 1. The number of aromatic nitrogens is 1. The van der Waals surface area contributed by atoms with E-state index in [1.807, 2.05) is 37.3 Å². The highest BCUT2D eigenvalue weighted by Gasteiger charge is 2.22. The Hall–Kier alpha value is -6.04. The number of phenols is 1. The van der Waals surface area contributed by atoms with Gasteiger partial charge in [0.25, 0.3) is 11.8 Å². The van der Waals surface area contributed by atoms with Crippen molar-refractivity contribution in [1.29, 1.82) is 0 Å². The molecule has 1 aliphatic rings. The maximum atomic E-state index is 12.5. The van der Waals surface area contributed by atoms with Crippen LogP contribution < -0.4 is 31.2 Å². The number of phenolic OH excluding ortho intramolecular Hbond substituents is 1. The van der Waals surface area contributed by atoms with Crippen molar-refractivity contribution < 1.29 is 24.2 Å². The number of benzene rings is 5. The van der Waals surface area contributed by atoms with Gasteiger partial charge in [-0.15, -0.1) is 0 Å². The van der Waals surface area contributed by atoms with Crippen molar-refractivity contribution in [2.45, 2.75) is 36.0 Å². The summed E-state index contributed by atoms with van der Waals surface area (Å²) in [7, 11) is 1.62. The van der Waals surface area contributed by atoms with Gasteiger partial charge in [-0.05, 0) is 110 Å². The summed E-state index contributed by atoms with van der Waals surface area (Å²) < 4.78 is 11.0. The largest absolute Gasteiger partial charge is 0.506 e. The van der Waals surface area contributed by atoms with Crippen molar-refractivity contribution >= 4 is 51.5 Å². The molecule has 10 nitrogen and oxygen atoms in total. The fraction of sp³-hybridized carbons (Fsp3) is 0.186. The molecule has 274 valence electrons. The number of pyridine rings is 1. The standard InChI is InChI=1S/C43H41N5O5S/c1-26-20-34(23-35-39(26)46-24-36(43(44)51)40(35)47-31-8-4-9-32(22-31)52-2)54-33-10-3-7-30(21-33)28-13-11-27(12-14-28)6-5-18-45-19-17-29-15-16-37(49)41-42(29)53-25-38(50)48-41/h3-4,7-16,20-24,45,49H,5-6,17-19,25H2,1-2H3,(H2,44,51)(H,46,47)(H,48,50). The van der Waals surface area contributed by atoms with Gasteiger partial charge in [-0.2, -0.15) is 0 Å². The maximum Gasteiger partial charge on any atom is 0.262 e. The van der Waals surface area contributed by atoms with Crippen LogP contribution in [0.25, 0.3) is 22.0 Å². The van der Waals surface area contributed by atoms with Gasteiger partial charge in [-0.25, -0.2) is 0 Å². The number of nitrogens with one attached hydrogen (secondary N) is 3. The van der Waals surface area contributed by atoms with Crippen molar-refractivity contribution in [2.24, 2.45) is 5.73 Å². The Bertz CT molecular complexity index is 2350. The number of hydrogen-bond donors (Lipinski definition) is 5. The number of fused-ring (bicyclic) bond motifs is 2. The molecule has 6 N–H and O–H groups in total. The molecule has 0 saturated carbocycles. The number of carbonyl (C=O) groups is 2. The van der Waals surface area contributed by atoms with E-state index in [0.29, 0.717) is 28.4 Å². The number of ether oxygens (including phenoxy) is 2. The fourth-order valence-corrected chi connectivity index (χ4v) is 7.61. The molecule has 6 aromatic rings. The molecule has 54 heavy (non-hydrogen) atoms. The van der Waals surface area contributed by atoms with Crippen LogP contribution in [0.4, 0.5) is 17.1 Å². The molecule has 0 spiro atoms. The van der Waals surface area contributed by atoms with Crippen LogP contribution in [0, 0.1) is 6.92 Å². The number of amides is 2. The monoisotopic (exact) mass is 739 g/mol. The second-order valence-electron chi connectivity index (χ2n) is 13.1. The number of rotatable bonds is 14. The number of aromatic hydroxyl groups is 1. The van der Waals surface area contributed by atoms with Crippen LogP contribution in [0.1, 0.15) is 33.5 Å². The number of carbonyl (C=O) groups excluding carboxylic acids is 2. The third-order valence-electron chi connectivity index (χ3n) is 9.32. The zero-order valence-electron chi connectivity index (χ0n) is 30.1. The minimum Gasteiger partial charge on any atom is -0.506 e. The van der Waals surface area contributed by atoms with Crippen LogP contribution in [-0.4, -0.2) is 48.7 Å². The van der Waals surface area contributed by atoms with Gasteiger partial charge in [0, 0.05) is 33.1 Å². The molecule has 5 aromatic carbocycles. The van der Waals surface area contributed by atoms with E-state index in [-0.39, 0.29) is 18.3 Å². The molecule has 0 aliphatic carbocycles. The van der Waals surface area contributed by atoms with E-state index in [1.54, 1.807) is 24.9 Å². The summed E-state index contributed by atoms with van der Waals surface area (Å²) in [5.74, 6) is 0.432. The summed E-state index contributed by atoms with van der Waals surface area (Å²) in [5.41, 5.74) is 14.1. The molecule has 2 heterocycles. The smallest absolute Gasteiger partial charge is 0.262 e. The predicted octanol–water partition coefficient (Wildman–Crippen LogP) is 8.01. The molecule has 0 atom stereocenters. The van der Waals surface area contributed by atoms with Crippen LogP contribution in [0.3, 0.4) is 0 Å². The molecule has 2 amide bonds. The molecular weight excluding hydrogens is 699 g/mol. The molecule has 1 aliphatic heterocycles. The third kappa shape index (κ3) is 8.27. The quantitative estimate of drug-likeness (QED) is 0.0554. The number of primary amides is 1. The number of anilines is 3. The van der Waals surface area contributed by atoms with E-state index >= 15 is 0 Å². The summed E-state index contributed by atoms with van der Waals surface area (Å²) in [4.78, 5) is 30.9. The SMILES string of the molecule is COc1cccc(Nc2c(C(N)=O)cnc3c(C)cc(Sc4cccc(-c5ccc(CCCNCCc6ccc(O)c7c6OCC(=O)N7)cc5)c4)cc23)c1. The van der Waals surface area contributed by atoms with E-state index < -0.39 is 5.91 Å². The number of hydrogen-bond acceptors (Lipinski definition) is 9. The van der Waals surface area contributed by atoms with Crippen molar-refractivity contribution in [3.05, 3.63) is 126 Å². The Morgan fingerprint density at radius 2 is 1.80 bits per heavy atom. The highest BCUT2D eigenvalue weighted by Crippen LogP contribution is 2.40. The summed E-state index contributed by atoms with van der Waals surface area (Å²) >= 11 is 1.65. The van der Waals surface area contributed by atoms with Crippen molar-refractivity contribution in [1.82, 2.24) is 10.3 Å². The molecule has 1 aromatic heterocycles. The number of aryl methyl sites for hydroxylation is 2. The van der Waals surface area contributed by atoms with E-state index in [2.05, 4.69) is 81.6 Å². The summed E-state index contributed by atoms with van der Waals surface area (Å²) in [6.45, 7) is 3.60. The van der Waals surface area contributed by atoms with Gasteiger partial charge in [-0.1, -0.05) is 60.3 Å². The van der Waals surface area contributed by atoms with E-state index in [1.165, 1.54) is 11.8 Å². The van der Waals surface area contributed by atoms with E-state index in [4.69, 9.17) is 15.2 Å². The van der Waals surface area contributed by atoms with Crippen LogP contribution in [0.2, 0.25) is 0 Å². The molecule has 11 heteroatoms.